The van der Waals surface area contributed by atoms with E-state index in [2.05, 4.69) is 20.3 Å². The standard InChI is InChI=1S/C24H26F2N4O3/c1-12-19(24(32)30-16-3-2-4-17(16)31)21-22(29-12)20(27-11-28-21)15-9-14(23(25)26)7-8-18(15)33-10-13-5-6-13/h7-9,11,13,16-17,23,29,31H,2-6,10H2,1H3,(H,30,32)/t16-,17-/m1/s1. The number of nitrogens with zero attached hydrogens (tertiary/aromatic N) is 2. The van der Waals surface area contributed by atoms with Crippen LogP contribution in [0.2, 0.25) is 0 Å². The molecule has 0 radical (unpaired) electrons. The molecular formula is C24H26F2N4O3. The highest BCUT2D eigenvalue weighted by molar-refractivity contribution is 6.09. The molecule has 2 aromatic heterocycles. The smallest absolute Gasteiger partial charge is 0.263 e. The maximum Gasteiger partial charge on any atom is 0.263 e. The summed E-state index contributed by atoms with van der Waals surface area (Å²) in [4.78, 5) is 24.9. The summed E-state index contributed by atoms with van der Waals surface area (Å²) in [5.41, 5.74) is 2.52. The number of nitrogens with one attached hydrogen (secondary N) is 2. The van der Waals surface area contributed by atoms with Gasteiger partial charge in [0.2, 0.25) is 0 Å². The second-order valence-corrected chi connectivity index (χ2v) is 8.96. The highest BCUT2D eigenvalue weighted by atomic mass is 19.3. The molecule has 2 fully saturated rings. The van der Waals surface area contributed by atoms with Gasteiger partial charge in [-0.05, 0) is 63.1 Å². The van der Waals surface area contributed by atoms with Crippen LogP contribution in [-0.4, -0.2) is 44.7 Å². The number of fused-ring (bicyclic) bond motifs is 1. The van der Waals surface area contributed by atoms with Crippen molar-refractivity contribution in [3.8, 4) is 17.0 Å². The van der Waals surface area contributed by atoms with Crippen LogP contribution in [0.25, 0.3) is 22.3 Å². The van der Waals surface area contributed by atoms with Crippen LogP contribution in [0, 0.1) is 12.8 Å². The van der Waals surface area contributed by atoms with Gasteiger partial charge < -0.3 is 20.1 Å². The lowest BCUT2D eigenvalue weighted by atomic mass is 10.0. The number of aryl methyl sites for hydroxylation is 1. The third-order valence-electron chi connectivity index (χ3n) is 6.48. The lowest BCUT2D eigenvalue weighted by molar-refractivity contribution is 0.0874. The first-order chi connectivity index (χ1) is 15.9. The lowest BCUT2D eigenvalue weighted by Gasteiger charge is -2.16. The molecule has 0 saturated heterocycles. The van der Waals surface area contributed by atoms with Crippen molar-refractivity contribution in [1.29, 1.82) is 0 Å². The Morgan fingerprint density at radius 3 is 2.79 bits per heavy atom. The van der Waals surface area contributed by atoms with Crippen molar-refractivity contribution >= 4 is 16.9 Å². The third kappa shape index (κ3) is 4.29. The van der Waals surface area contributed by atoms with E-state index in [1.54, 1.807) is 13.0 Å². The van der Waals surface area contributed by atoms with Gasteiger partial charge in [0.15, 0.2) is 0 Å². The van der Waals surface area contributed by atoms with E-state index >= 15 is 0 Å². The Bertz CT molecular complexity index is 1190. The average Bonchev–Trinajstić information content (AvgIpc) is 3.44. The summed E-state index contributed by atoms with van der Waals surface area (Å²) in [7, 11) is 0. The fourth-order valence-electron chi connectivity index (χ4n) is 4.44. The molecule has 1 amide bonds. The molecule has 2 heterocycles. The van der Waals surface area contributed by atoms with Crippen LogP contribution in [-0.2, 0) is 0 Å². The summed E-state index contributed by atoms with van der Waals surface area (Å²) in [6.45, 7) is 2.28. The zero-order valence-electron chi connectivity index (χ0n) is 18.3. The topological polar surface area (TPSA) is 100 Å². The predicted molar refractivity (Wildman–Crippen MR) is 118 cm³/mol. The van der Waals surface area contributed by atoms with Crippen LogP contribution in [0.4, 0.5) is 8.78 Å². The first-order valence-electron chi connectivity index (χ1n) is 11.3. The minimum absolute atomic E-state index is 0.132. The Morgan fingerprint density at radius 1 is 1.27 bits per heavy atom. The Hall–Kier alpha value is -3.07. The molecule has 1 aromatic carbocycles. The number of hydrogen-bond acceptors (Lipinski definition) is 5. The molecule has 2 saturated carbocycles. The van der Waals surface area contributed by atoms with E-state index in [4.69, 9.17) is 4.74 Å². The van der Waals surface area contributed by atoms with Crippen molar-refractivity contribution in [3.63, 3.8) is 0 Å². The van der Waals surface area contributed by atoms with Gasteiger partial charge in [0, 0.05) is 16.8 Å². The molecule has 5 rings (SSSR count). The highest BCUT2D eigenvalue weighted by Gasteiger charge is 2.29. The van der Waals surface area contributed by atoms with Crippen molar-refractivity contribution in [3.05, 3.63) is 41.3 Å². The SMILES string of the molecule is Cc1[nH]c2c(-c3cc(C(F)F)ccc3OCC3CC3)ncnc2c1C(=O)N[C@@H]1CCC[C@H]1O. The zero-order chi connectivity index (χ0) is 23.1. The molecule has 0 unspecified atom stereocenters. The van der Waals surface area contributed by atoms with Crippen molar-refractivity contribution in [1.82, 2.24) is 20.3 Å². The van der Waals surface area contributed by atoms with Crippen molar-refractivity contribution in [2.24, 2.45) is 5.92 Å². The molecule has 2 aliphatic rings. The number of aromatic nitrogens is 3. The van der Waals surface area contributed by atoms with E-state index in [1.807, 2.05) is 0 Å². The monoisotopic (exact) mass is 456 g/mol. The van der Waals surface area contributed by atoms with Crippen LogP contribution >= 0.6 is 0 Å². The van der Waals surface area contributed by atoms with E-state index < -0.39 is 12.5 Å². The predicted octanol–water partition coefficient (Wildman–Crippen LogP) is 4.30. The number of carbonyl (C=O) groups excluding carboxylic acids is 1. The van der Waals surface area contributed by atoms with E-state index in [1.165, 1.54) is 18.5 Å². The van der Waals surface area contributed by atoms with Crippen molar-refractivity contribution in [2.45, 2.75) is 57.6 Å². The van der Waals surface area contributed by atoms with Gasteiger partial charge in [0.1, 0.15) is 23.3 Å². The van der Waals surface area contributed by atoms with Crippen LogP contribution in [0.3, 0.4) is 0 Å². The van der Waals surface area contributed by atoms with Crippen LogP contribution in [0.5, 0.6) is 5.75 Å². The Kier molecular flexibility index (Phi) is 5.74. The summed E-state index contributed by atoms with van der Waals surface area (Å²) in [6, 6.07) is 4.01. The van der Waals surface area contributed by atoms with Crippen LogP contribution < -0.4 is 10.1 Å². The number of halogens is 2. The number of amides is 1. The first-order valence-corrected chi connectivity index (χ1v) is 11.3. The third-order valence-corrected chi connectivity index (χ3v) is 6.48. The normalized spacial score (nSPS) is 20.5. The Morgan fingerprint density at radius 2 is 2.09 bits per heavy atom. The molecule has 0 spiro atoms. The molecule has 0 bridgehead atoms. The first kappa shape index (κ1) is 21.8. The van der Waals surface area contributed by atoms with E-state index in [9.17, 15) is 18.7 Å². The average molecular weight is 456 g/mol. The van der Waals surface area contributed by atoms with E-state index in [0.717, 1.165) is 25.7 Å². The summed E-state index contributed by atoms with van der Waals surface area (Å²) in [5, 5.41) is 13.0. The second kappa shape index (κ2) is 8.70. The number of hydrogen-bond donors (Lipinski definition) is 3. The van der Waals surface area contributed by atoms with Gasteiger partial charge in [-0.3, -0.25) is 4.79 Å². The minimum Gasteiger partial charge on any atom is -0.493 e. The largest absolute Gasteiger partial charge is 0.493 e. The molecule has 9 heteroatoms. The van der Waals surface area contributed by atoms with Gasteiger partial charge in [-0.2, -0.15) is 0 Å². The summed E-state index contributed by atoms with van der Waals surface area (Å²) < 4.78 is 32.9. The lowest BCUT2D eigenvalue weighted by Crippen LogP contribution is -2.40. The number of aromatic amines is 1. The molecule has 0 aliphatic heterocycles. The van der Waals surface area contributed by atoms with Gasteiger partial charge in [-0.1, -0.05) is 0 Å². The summed E-state index contributed by atoms with van der Waals surface area (Å²) in [5.74, 6) is 0.631. The minimum atomic E-state index is -2.64. The summed E-state index contributed by atoms with van der Waals surface area (Å²) in [6.07, 6.45) is 2.57. The number of aliphatic hydroxyl groups is 1. The van der Waals surface area contributed by atoms with E-state index in [-0.39, 0.29) is 17.5 Å². The zero-order valence-corrected chi connectivity index (χ0v) is 18.3. The second-order valence-electron chi connectivity index (χ2n) is 8.96. The van der Waals surface area contributed by atoms with Gasteiger partial charge >= 0.3 is 0 Å². The number of alkyl halides is 2. The number of rotatable bonds is 7. The number of ether oxygens (including phenoxy) is 1. The molecule has 33 heavy (non-hydrogen) atoms. The quantitative estimate of drug-likeness (QED) is 0.492. The van der Waals surface area contributed by atoms with Gasteiger partial charge in [-0.15, -0.1) is 0 Å². The highest BCUT2D eigenvalue weighted by Crippen LogP contribution is 2.38. The van der Waals surface area contributed by atoms with Gasteiger partial charge in [0.05, 0.1) is 29.8 Å². The number of H-pyrrole nitrogens is 1. The van der Waals surface area contributed by atoms with Crippen LogP contribution in [0.1, 0.15) is 60.1 Å². The Labute approximate surface area is 189 Å². The maximum absolute atomic E-state index is 13.5. The fraction of sp³-hybridized carbons (Fsp3) is 0.458. The molecule has 7 nitrogen and oxygen atoms in total. The maximum atomic E-state index is 13.5. The van der Waals surface area contributed by atoms with Gasteiger partial charge in [0.25, 0.3) is 12.3 Å². The fourth-order valence-corrected chi connectivity index (χ4v) is 4.44. The molecule has 174 valence electrons. The van der Waals surface area contributed by atoms with Gasteiger partial charge in [-0.25, -0.2) is 18.7 Å². The van der Waals surface area contributed by atoms with Crippen molar-refractivity contribution in [2.75, 3.05) is 6.61 Å². The van der Waals surface area contributed by atoms with Crippen molar-refractivity contribution < 1.29 is 23.4 Å². The number of aliphatic hydroxyl groups excluding tert-OH is 1. The molecule has 3 aromatic rings. The molecular weight excluding hydrogens is 430 g/mol. The van der Waals surface area contributed by atoms with Crippen LogP contribution in [0.15, 0.2) is 24.5 Å². The molecule has 2 aliphatic carbocycles. The number of benzene rings is 1. The molecule has 3 N–H and O–H groups in total. The Balaban J connectivity index is 1.56. The molecule has 2 atom stereocenters. The number of carbonyl (C=O) groups is 1. The summed E-state index contributed by atoms with van der Waals surface area (Å²) >= 11 is 0. The van der Waals surface area contributed by atoms with E-state index in [0.29, 0.717) is 58.2 Å².